The van der Waals surface area contributed by atoms with E-state index < -0.39 is 6.03 Å². The first kappa shape index (κ1) is 17.8. The molecule has 3 rings (SSSR count). The van der Waals surface area contributed by atoms with Gasteiger partial charge in [0.1, 0.15) is 0 Å². The van der Waals surface area contributed by atoms with E-state index in [0.717, 1.165) is 14.6 Å². The molecule has 2 amide bonds. The van der Waals surface area contributed by atoms with Crippen LogP contribution in [0.5, 0.6) is 5.88 Å². The summed E-state index contributed by atoms with van der Waals surface area (Å²) in [4.78, 5) is 23.9. The molecule has 1 aromatic heterocycles. The van der Waals surface area contributed by atoms with Crippen molar-refractivity contribution in [3.8, 4) is 5.88 Å². The summed E-state index contributed by atoms with van der Waals surface area (Å²) in [6, 6.07) is 11.6. The van der Waals surface area contributed by atoms with Crippen LogP contribution in [0.4, 0.5) is 16.2 Å². The number of hydrogen-bond acceptors (Lipinski definition) is 4. The van der Waals surface area contributed by atoms with E-state index in [1.165, 1.54) is 6.92 Å². The number of rotatable bonds is 2. The highest BCUT2D eigenvalue weighted by Gasteiger charge is 2.20. The van der Waals surface area contributed by atoms with E-state index in [-0.39, 0.29) is 17.5 Å². The normalized spacial score (nSPS) is 11.2. The van der Waals surface area contributed by atoms with Crippen molar-refractivity contribution >= 4 is 50.1 Å². The van der Waals surface area contributed by atoms with Gasteiger partial charge in [0.2, 0.25) is 11.8 Å². The number of aromatic nitrogens is 1. The zero-order chi connectivity index (χ0) is 18.8. The third-order valence-electron chi connectivity index (χ3n) is 3.78. The number of benzene rings is 2. The van der Waals surface area contributed by atoms with Gasteiger partial charge in [-0.2, -0.15) is 0 Å². The molecule has 0 aliphatic rings. The van der Waals surface area contributed by atoms with Crippen molar-refractivity contribution in [2.75, 3.05) is 5.32 Å². The molecule has 0 saturated carbocycles. The molecular weight excluding hydrogens is 400 g/mol. The Hall–Kier alpha value is -3.00. The van der Waals surface area contributed by atoms with Crippen LogP contribution in [0.25, 0.3) is 10.9 Å². The summed E-state index contributed by atoms with van der Waals surface area (Å²) < 4.78 is 1.92. The minimum atomic E-state index is -0.687. The lowest BCUT2D eigenvalue weighted by Crippen LogP contribution is -2.05. The first-order valence-electron chi connectivity index (χ1n) is 7.70. The number of aryl methyl sites for hydroxylation is 1. The van der Waals surface area contributed by atoms with E-state index >= 15 is 0 Å². The third kappa shape index (κ3) is 3.36. The number of carbonyl (C=O) groups is 2. The predicted molar refractivity (Wildman–Crippen MR) is 102 cm³/mol. The maximum Gasteiger partial charge on any atom is 0.364 e. The topological polar surface area (TPSA) is 96.1 Å². The molecule has 2 N–H and O–H groups in total. The van der Waals surface area contributed by atoms with Gasteiger partial charge in [0.15, 0.2) is 5.69 Å². The molecular formula is C18H15BrN4O3. The van der Waals surface area contributed by atoms with Crippen molar-refractivity contribution in [1.82, 2.24) is 4.57 Å². The molecule has 0 bridgehead atoms. The summed E-state index contributed by atoms with van der Waals surface area (Å²) in [6.45, 7) is 3.20. The maximum atomic E-state index is 12.0. The second kappa shape index (κ2) is 7.09. The zero-order valence-corrected chi connectivity index (χ0v) is 15.6. The largest absolute Gasteiger partial charge is 0.493 e. The number of para-hydroxylation sites is 1. The Kier molecular flexibility index (Phi) is 4.85. The van der Waals surface area contributed by atoms with E-state index in [9.17, 15) is 14.7 Å². The maximum absolute atomic E-state index is 12.0. The number of amides is 2. The molecule has 0 saturated heterocycles. The average Bonchev–Trinajstić information content (AvgIpc) is 2.85. The number of azo groups is 1. The molecule has 0 atom stereocenters. The number of urea groups is 1. The van der Waals surface area contributed by atoms with Crippen molar-refractivity contribution in [2.45, 2.75) is 13.8 Å². The number of halogens is 1. The number of carbonyl (C=O) groups excluding carboxylic acids is 2. The number of nitrogens with one attached hydrogen (secondary N) is 1. The van der Waals surface area contributed by atoms with Gasteiger partial charge in [-0.05, 0) is 36.8 Å². The highest BCUT2D eigenvalue weighted by molar-refractivity contribution is 9.10. The Bertz CT molecular complexity index is 1040. The van der Waals surface area contributed by atoms with Crippen molar-refractivity contribution in [3.63, 3.8) is 0 Å². The van der Waals surface area contributed by atoms with Gasteiger partial charge in [-0.1, -0.05) is 39.2 Å². The van der Waals surface area contributed by atoms with Crippen molar-refractivity contribution in [3.05, 3.63) is 52.5 Å². The van der Waals surface area contributed by atoms with Crippen LogP contribution < -0.4 is 5.32 Å². The lowest BCUT2D eigenvalue weighted by molar-refractivity contribution is 0.0933. The number of fused-ring (bicyclic) bond motifs is 1. The van der Waals surface area contributed by atoms with Crippen LogP contribution in [0.3, 0.4) is 0 Å². The molecule has 0 unspecified atom stereocenters. The van der Waals surface area contributed by atoms with Gasteiger partial charge in [0.05, 0.1) is 5.52 Å². The summed E-state index contributed by atoms with van der Waals surface area (Å²) in [6.07, 6.45) is 0. The van der Waals surface area contributed by atoms with E-state index in [4.69, 9.17) is 0 Å². The van der Waals surface area contributed by atoms with Crippen LogP contribution >= 0.6 is 15.9 Å². The highest BCUT2D eigenvalue weighted by Crippen LogP contribution is 2.40. The van der Waals surface area contributed by atoms with E-state index in [2.05, 4.69) is 31.5 Å². The number of anilines is 1. The quantitative estimate of drug-likeness (QED) is 0.549. The molecule has 26 heavy (non-hydrogen) atoms. The molecule has 1 heterocycles. The summed E-state index contributed by atoms with van der Waals surface area (Å²) >= 11 is 3.41. The minimum absolute atomic E-state index is 0.0639. The van der Waals surface area contributed by atoms with Crippen LogP contribution in [0.15, 0.2) is 57.2 Å². The van der Waals surface area contributed by atoms with E-state index in [0.29, 0.717) is 16.6 Å². The van der Waals surface area contributed by atoms with Crippen molar-refractivity contribution in [2.24, 2.45) is 10.2 Å². The fourth-order valence-corrected chi connectivity index (χ4v) is 2.90. The molecule has 0 fully saturated rings. The van der Waals surface area contributed by atoms with Crippen molar-refractivity contribution in [1.29, 1.82) is 0 Å². The molecule has 7 nitrogen and oxygen atoms in total. The minimum Gasteiger partial charge on any atom is -0.493 e. The second-order valence-electron chi connectivity index (χ2n) is 5.64. The van der Waals surface area contributed by atoms with Crippen LogP contribution in [-0.2, 0) is 0 Å². The predicted octanol–water partition coefficient (Wildman–Crippen LogP) is 5.39. The number of hydrogen-bond donors (Lipinski definition) is 2. The molecule has 2 aromatic carbocycles. The molecule has 3 aromatic rings. The average molecular weight is 415 g/mol. The molecule has 0 spiro atoms. The second-order valence-corrected chi connectivity index (χ2v) is 6.50. The summed E-state index contributed by atoms with van der Waals surface area (Å²) in [7, 11) is 0. The van der Waals surface area contributed by atoms with Gasteiger partial charge in [0, 0.05) is 22.5 Å². The van der Waals surface area contributed by atoms with Crippen LogP contribution in [-0.4, -0.2) is 21.6 Å². The smallest absolute Gasteiger partial charge is 0.364 e. The molecule has 0 radical (unpaired) electrons. The number of aromatic hydroxyl groups is 1. The van der Waals surface area contributed by atoms with Gasteiger partial charge in [-0.3, -0.25) is 4.79 Å². The molecule has 132 valence electrons. The first-order valence-corrected chi connectivity index (χ1v) is 8.50. The van der Waals surface area contributed by atoms with Crippen LogP contribution in [0.2, 0.25) is 0 Å². The monoisotopic (exact) mass is 414 g/mol. The fourth-order valence-electron chi connectivity index (χ4n) is 2.57. The summed E-state index contributed by atoms with van der Waals surface area (Å²) in [5, 5.41) is 21.0. The molecule has 0 aliphatic heterocycles. The summed E-state index contributed by atoms with van der Waals surface area (Å²) in [5.74, 6) is -0.736. The van der Waals surface area contributed by atoms with Gasteiger partial charge in [0.25, 0.3) is 0 Å². The zero-order valence-electron chi connectivity index (χ0n) is 14.0. The Balaban J connectivity index is 2.02. The molecule has 8 heteroatoms. The van der Waals surface area contributed by atoms with Gasteiger partial charge in [-0.25, -0.2) is 9.36 Å². The third-order valence-corrected chi connectivity index (χ3v) is 4.63. The lowest BCUT2D eigenvalue weighted by Gasteiger charge is -2.02. The Morgan fingerprint density at radius 3 is 2.54 bits per heavy atom. The van der Waals surface area contributed by atoms with Crippen LogP contribution in [0, 0.1) is 6.92 Å². The standard InChI is InChI=1S/C18H15BrN4O3/c1-10-8-13-15(9-14(10)19)23(11(2)24)17(25)16(13)21-22-18(26)20-12-6-4-3-5-7-12/h3-9,25H,1-2H3,(H,20,26). The highest BCUT2D eigenvalue weighted by atomic mass is 79.9. The van der Waals surface area contributed by atoms with Crippen LogP contribution in [0.1, 0.15) is 17.3 Å². The van der Waals surface area contributed by atoms with Gasteiger partial charge < -0.3 is 10.4 Å². The Morgan fingerprint density at radius 2 is 1.88 bits per heavy atom. The van der Waals surface area contributed by atoms with Gasteiger partial charge in [-0.15, -0.1) is 5.11 Å². The van der Waals surface area contributed by atoms with E-state index in [1.54, 1.807) is 36.4 Å². The number of nitrogens with zero attached hydrogens (tertiary/aromatic N) is 3. The molecule has 0 aliphatic carbocycles. The Labute approximate surface area is 157 Å². The van der Waals surface area contributed by atoms with Gasteiger partial charge >= 0.3 is 6.03 Å². The first-order chi connectivity index (χ1) is 12.4. The fraction of sp³-hybridized carbons (Fsp3) is 0.111. The van der Waals surface area contributed by atoms with Crippen molar-refractivity contribution < 1.29 is 14.7 Å². The van der Waals surface area contributed by atoms with E-state index in [1.807, 2.05) is 13.0 Å². The Morgan fingerprint density at radius 1 is 1.19 bits per heavy atom. The lowest BCUT2D eigenvalue weighted by atomic mass is 10.1. The summed E-state index contributed by atoms with van der Waals surface area (Å²) in [5.41, 5.74) is 2.01. The SMILES string of the molecule is CC(=O)n1c(O)c(N=NC(=O)Nc2ccccc2)c2cc(C)c(Br)cc21.